The molecule has 4 rings (SSSR count). The van der Waals surface area contributed by atoms with Crippen molar-refractivity contribution in [1.82, 2.24) is 0 Å². The zero-order valence-electron chi connectivity index (χ0n) is 14.3. The van der Waals surface area contributed by atoms with Crippen LogP contribution >= 0.6 is 0 Å². The van der Waals surface area contributed by atoms with Crippen molar-refractivity contribution in [2.75, 3.05) is 0 Å². The molecule has 0 unspecified atom stereocenters. The third-order valence-electron chi connectivity index (χ3n) is 7.52. The summed E-state index contributed by atoms with van der Waals surface area (Å²) in [5.74, 6) is 1.46. The molecule has 2 saturated carbocycles. The van der Waals surface area contributed by atoms with Gasteiger partial charge in [-0.1, -0.05) is 50.1 Å². The molecule has 2 fully saturated rings. The fourth-order valence-corrected chi connectivity index (χ4v) is 6.36. The van der Waals surface area contributed by atoms with Gasteiger partial charge in [0.25, 0.3) is 0 Å². The van der Waals surface area contributed by atoms with E-state index in [-0.39, 0.29) is 11.8 Å². The fourth-order valence-electron chi connectivity index (χ4n) is 6.36. The topological polar surface area (TPSA) is 37.3 Å². The Morgan fingerprint density at radius 1 is 1.26 bits per heavy atom. The highest BCUT2D eigenvalue weighted by Crippen LogP contribution is 2.63. The first kappa shape index (κ1) is 15.2. The molecule has 4 aliphatic carbocycles. The van der Waals surface area contributed by atoms with Crippen LogP contribution in [0, 0.1) is 28.6 Å². The SMILES string of the molecule is C[C@@]12CCC[C@H]1[C@@H]1C=CC3=C(CC(=O)O)CC=C[C@]3(C)[C@H]1CC2. The van der Waals surface area contributed by atoms with Gasteiger partial charge in [0, 0.05) is 5.41 Å². The third kappa shape index (κ3) is 2.17. The molecule has 124 valence electrons. The standard InChI is InChI=1S/C21H28O2/c1-20-10-4-6-17(20)15-7-8-16-14(13-19(22)23)5-3-11-21(16,2)18(15)9-12-20/h3,7-8,11,15,17-18H,4-6,9-10,12-13H2,1-2H3,(H,22,23)/t15-,17-,18-,20-,21-/m0/s1. The Balaban J connectivity index is 1.76. The van der Waals surface area contributed by atoms with E-state index in [2.05, 4.69) is 38.2 Å². The number of allylic oxidation sites excluding steroid dienone is 5. The Labute approximate surface area is 139 Å². The molecule has 0 radical (unpaired) electrons. The van der Waals surface area contributed by atoms with Crippen LogP contribution in [-0.2, 0) is 4.79 Å². The molecule has 0 saturated heterocycles. The van der Waals surface area contributed by atoms with E-state index in [0.717, 1.165) is 17.9 Å². The van der Waals surface area contributed by atoms with Gasteiger partial charge in [0.05, 0.1) is 6.42 Å². The maximum absolute atomic E-state index is 11.2. The van der Waals surface area contributed by atoms with Gasteiger partial charge in [0.2, 0.25) is 0 Å². The van der Waals surface area contributed by atoms with E-state index >= 15 is 0 Å². The van der Waals surface area contributed by atoms with Gasteiger partial charge in [-0.25, -0.2) is 0 Å². The van der Waals surface area contributed by atoms with E-state index < -0.39 is 5.97 Å². The van der Waals surface area contributed by atoms with Gasteiger partial charge in [0.1, 0.15) is 0 Å². The molecule has 4 aliphatic rings. The lowest BCUT2D eigenvalue weighted by Crippen LogP contribution is -2.46. The minimum atomic E-state index is -0.701. The van der Waals surface area contributed by atoms with Gasteiger partial charge in [-0.2, -0.15) is 0 Å². The summed E-state index contributed by atoms with van der Waals surface area (Å²) in [6.45, 7) is 4.87. The Bertz CT molecular complexity index is 626. The molecule has 0 aliphatic heterocycles. The molecule has 0 heterocycles. The summed E-state index contributed by atoms with van der Waals surface area (Å²) in [6, 6.07) is 0. The summed E-state index contributed by atoms with van der Waals surface area (Å²) in [4.78, 5) is 11.2. The van der Waals surface area contributed by atoms with Gasteiger partial charge >= 0.3 is 5.97 Å². The van der Waals surface area contributed by atoms with E-state index in [1.54, 1.807) is 0 Å². The lowest BCUT2D eigenvalue weighted by Gasteiger charge is -2.54. The number of rotatable bonds is 2. The fraction of sp³-hybridized carbons (Fsp3) is 0.667. The highest BCUT2D eigenvalue weighted by atomic mass is 16.4. The zero-order valence-corrected chi connectivity index (χ0v) is 14.3. The molecular weight excluding hydrogens is 284 g/mol. The Hall–Kier alpha value is -1.31. The van der Waals surface area contributed by atoms with Crippen molar-refractivity contribution >= 4 is 5.97 Å². The Kier molecular flexibility index (Phi) is 3.37. The van der Waals surface area contributed by atoms with Gasteiger partial charge in [-0.05, 0) is 60.8 Å². The molecular formula is C21H28O2. The minimum absolute atomic E-state index is 0.0480. The molecule has 23 heavy (non-hydrogen) atoms. The van der Waals surface area contributed by atoms with Crippen molar-refractivity contribution in [1.29, 1.82) is 0 Å². The van der Waals surface area contributed by atoms with E-state index in [1.165, 1.54) is 37.7 Å². The summed E-state index contributed by atoms with van der Waals surface area (Å²) < 4.78 is 0. The van der Waals surface area contributed by atoms with Crippen molar-refractivity contribution in [3.05, 3.63) is 35.5 Å². The van der Waals surface area contributed by atoms with Crippen molar-refractivity contribution in [3.8, 4) is 0 Å². The quantitative estimate of drug-likeness (QED) is 0.718. The minimum Gasteiger partial charge on any atom is -0.481 e. The van der Waals surface area contributed by atoms with Crippen LogP contribution < -0.4 is 0 Å². The Morgan fingerprint density at radius 2 is 2.09 bits per heavy atom. The van der Waals surface area contributed by atoms with Gasteiger partial charge < -0.3 is 5.11 Å². The predicted molar refractivity (Wildman–Crippen MR) is 91.9 cm³/mol. The van der Waals surface area contributed by atoms with Gasteiger partial charge in [-0.3, -0.25) is 4.79 Å². The first-order valence-electron chi connectivity index (χ1n) is 9.24. The number of fused-ring (bicyclic) bond motifs is 5. The number of carboxylic acids is 1. The molecule has 0 bridgehead atoms. The van der Waals surface area contributed by atoms with Crippen LogP contribution in [0.5, 0.6) is 0 Å². The largest absolute Gasteiger partial charge is 0.481 e. The summed E-state index contributed by atoms with van der Waals surface area (Å²) in [5.41, 5.74) is 3.03. The highest BCUT2D eigenvalue weighted by molar-refractivity contribution is 5.71. The average Bonchev–Trinajstić information content (AvgIpc) is 2.88. The molecule has 0 aromatic carbocycles. The lowest BCUT2D eigenvalue weighted by atomic mass is 9.50. The second-order valence-corrected chi connectivity index (χ2v) is 8.71. The van der Waals surface area contributed by atoms with Crippen LogP contribution in [0.3, 0.4) is 0 Å². The summed E-state index contributed by atoms with van der Waals surface area (Å²) >= 11 is 0. The van der Waals surface area contributed by atoms with Crippen molar-refractivity contribution in [2.24, 2.45) is 28.6 Å². The summed E-state index contributed by atoms with van der Waals surface area (Å²) in [5, 5.41) is 9.25. The zero-order chi connectivity index (χ0) is 16.2. The van der Waals surface area contributed by atoms with Crippen molar-refractivity contribution < 1.29 is 9.90 Å². The second kappa shape index (κ2) is 5.09. The molecule has 0 aromatic heterocycles. The first-order valence-corrected chi connectivity index (χ1v) is 9.24. The molecule has 5 atom stereocenters. The summed E-state index contributed by atoms with van der Waals surface area (Å²) in [6.07, 6.45) is 17.2. The maximum atomic E-state index is 11.2. The van der Waals surface area contributed by atoms with Crippen LogP contribution in [-0.4, -0.2) is 11.1 Å². The van der Waals surface area contributed by atoms with E-state index in [0.29, 0.717) is 17.3 Å². The highest BCUT2D eigenvalue weighted by Gasteiger charge is 2.54. The lowest BCUT2D eigenvalue weighted by molar-refractivity contribution is -0.136. The first-order chi connectivity index (χ1) is 10.9. The van der Waals surface area contributed by atoms with Crippen LogP contribution in [0.25, 0.3) is 0 Å². The molecule has 1 N–H and O–H groups in total. The van der Waals surface area contributed by atoms with Crippen molar-refractivity contribution in [3.63, 3.8) is 0 Å². The smallest absolute Gasteiger partial charge is 0.307 e. The third-order valence-corrected chi connectivity index (χ3v) is 7.52. The number of aliphatic carboxylic acids is 1. The van der Waals surface area contributed by atoms with Gasteiger partial charge in [0.15, 0.2) is 0 Å². The van der Waals surface area contributed by atoms with E-state index in [9.17, 15) is 9.90 Å². The second-order valence-electron chi connectivity index (χ2n) is 8.71. The Morgan fingerprint density at radius 3 is 2.87 bits per heavy atom. The molecule has 0 aromatic rings. The monoisotopic (exact) mass is 312 g/mol. The predicted octanol–water partition coefficient (Wildman–Crippen LogP) is 5.13. The number of hydrogen-bond donors (Lipinski definition) is 1. The summed E-state index contributed by atoms with van der Waals surface area (Å²) in [7, 11) is 0. The average molecular weight is 312 g/mol. The van der Waals surface area contributed by atoms with E-state index in [1.807, 2.05) is 0 Å². The number of hydrogen-bond acceptors (Lipinski definition) is 1. The maximum Gasteiger partial charge on any atom is 0.307 e. The normalized spacial score (nSPS) is 44.7. The van der Waals surface area contributed by atoms with Crippen molar-refractivity contribution in [2.45, 2.75) is 58.8 Å². The molecule has 2 heteroatoms. The molecule has 0 spiro atoms. The van der Waals surface area contributed by atoms with Crippen LogP contribution in [0.2, 0.25) is 0 Å². The van der Waals surface area contributed by atoms with Crippen LogP contribution in [0.4, 0.5) is 0 Å². The van der Waals surface area contributed by atoms with Crippen LogP contribution in [0.15, 0.2) is 35.5 Å². The van der Waals surface area contributed by atoms with Gasteiger partial charge in [-0.15, -0.1) is 0 Å². The number of carboxylic acid groups (broad SMARTS) is 1. The molecule has 0 amide bonds. The van der Waals surface area contributed by atoms with E-state index in [4.69, 9.17) is 0 Å². The molecule has 2 nitrogen and oxygen atoms in total. The number of carbonyl (C=O) groups is 1. The van der Waals surface area contributed by atoms with Crippen LogP contribution in [0.1, 0.15) is 58.8 Å².